The minimum Gasteiger partial charge on any atom is -0.365 e. The van der Waals surface area contributed by atoms with Crippen molar-refractivity contribution in [3.63, 3.8) is 0 Å². The summed E-state index contributed by atoms with van der Waals surface area (Å²) in [5, 5.41) is 9.60. The van der Waals surface area contributed by atoms with E-state index in [9.17, 15) is 18.0 Å². The van der Waals surface area contributed by atoms with E-state index < -0.39 is 22.0 Å². The second-order valence-electron chi connectivity index (χ2n) is 6.90. The normalized spacial score (nSPS) is 11.6. The van der Waals surface area contributed by atoms with Gasteiger partial charge in [-0.3, -0.25) is 19.5 Å². The number of thiophene rings is 1. The van der Waals surface area contributed by atoms with E-state index in [4.69, 9.17) is 5.73 Å². The number of aromatic nitrogens is 2. The zero-order valence-corrected chi connectivity index (χ0v) is 18.4. The SMILES string of the molecule is CNC(=O)Nc1sc2c(C(C)C)cc(NS(=O)(=O)c3ccn(C)n3)cc2c1C(N)=O. The molecule has 10 nitrogen and oxygen atoms in total. The summed E-state index contributed by atoms with van der Waals surface area (Å²) >= 11 is 1.21. The van der Waals surface area contributed by atoms with Crippen LogP contribution in [0.25, 0.3) is 10.1 Å². The highest BCUT2D eigenvalue weighted by Crippen LogP contribution is 2.41. The number of amides is 3. The Hall–Kier alpha value is -3.12. The third-order valence-corrected chi connectivity index (χ3v) is 6.80. The van der Waals surface area contributed by atoms with Crippen LogP contribution in [0, 0.1) is 0 Å². The number of carbonyl (C=O) groups excluding carboxylic acids is 2. The predicted molar refractivity (Wildman–Crippen MR) is 117 cm³/mol. The van der Waals surface area contributed by atoms with Gasteiger partial charge in [-0.2, -0.15) is 13.5 Å². The zero-order chi connectivity index (χ0) is 22.2. The molecule has 0 bridgehead atoms. The number of fused-ring (bicyclic) bond motifs is 1. The first-order valence-corrected chi connectivity index (χ1v) is 11.2. The summed E-state index contributed by atoms with van der Waals surface area (Å²) in [5.41, 5.74) is 6.78. The Morgan fingerprint density at radius 2 is 1.97 bits per heavy atom. The van der Waals surface area contributed by atoms with E-state index in [0.29, 0.717) is 10.4 Å². The third-order valence-electron chi connectivity index (χ3n) is 4.36. The van der Waals surface area contributed by atoms with Crippen LogP contribution < -0.4 is 21.1 Å². The summed E-state index contributed by atoms with van der Waals surface area (Å²) in [6.07, 6.45) is 1.53. The molecule has 5 N–H and O–H groups in total. The fraction of sp³-hybridized carbons (Fsp3) is 0.278. The molecule has 0 aliphatic rings. The van der Waals surface area contributed by atoms with Crippen molar-refractivity contribution in [2.24, 2.45) is 12.8 Å². The highest BCUT2D eigenvalue weighted by molar-refractivity contribution is 7.92. The van der Waals surface area contributed by atoms with Crippen molar-refractivity contribution in [3.8, 4) is 0 Å². The molecule has 0 radical (unpaired) electrons. The monoisotopic (exact) mass is 450 g/mol. The maximum atomic E-state index is 12.7. The van der Waals surface area contributed by atoms with E-state index in [-0.39, 0.29) is 22.2 Å². The van der Waals surface area contributed by atoms with Crippen LogP contribution in [0.3, 0.4) is 0 Å². The van der Waals surface area contributed by atoms with Crippen LogP contribution in [0.4, 0.5) is 15.5 Å². The Balaban J connectivity index is 2.18. The lowest BCUT2D eigenvalue weighted by molar-refractivity contribution is 0.100. The Morgan fingerprint density at radius 3 is 2.50 bits per heavy atom. The molecule has 12 heteroatoms. The van der Waals surface area contributed by atoms with E-state index in [0.717, 1.165) is 10.3 Å². The Bertz CT molecular complexity index is 1240. The molecule has 2 heterocycles. The predicted octanol–water partition coefficient (Wildman–Crippen LogP) is 2.41. The number of benzene rings is 1. The molecular weight excluding hydrogens is 428 g/mol. The number of nitrogens with two attached hydrogens (primary N) is 1. The van der Waals surface area contributed by atoms with Gasteiger partial charge in [0.25, 0.3) is 15.9 Å². The summed E-state index contributed by atoms with van der Waals surface area (Å²) in [6.45, 7) is 3.89. The largest absolute Gasteiger partial charge is 0.365 e. The van der Waals surface area contributed by atoms with Crippen LogP contribution in [-0.4, -0.2) is 37.2 Å². The summed E-state index contributed by atoms with van der Waals surface area (Å²) in [6, 6.07) is 4.13. The quantitative estimate of drug-likeness (QED) is 0.455. The molecule has 0 spiro atoms. The zero-order valence-electron chi connectivity index (χ0n) is 16.8. The molecule has 3 aromatic rings. The summed E-state index contributed by atoms with van der Waals surface area (Å²) in [4.78, 5) is 24.0. The number of rotatable bonds is 6. The molecule has 3 amide bonds. The Labute approximate surface area is 177 Å². The molecule has 2 aromatic heterocycles. The van der Waals surface area contributed by atoms with Gasteiger partial charge in [0.15, 0.2) is 5.03 Å². The fourth-order valence-electron chi connectivity index (χ4n) is 2.96. The van der Waals surface area contributed by atoms with Gasteiger partial charge in [-0.05, 0) is 29.7 Å². The van der Waals surface area contributed by atoms with Gasteiger partial charge in [0, 0.05) is 36.1 Å². The van der Waals surface area contributed by atoms with Crippen molar-refractivity contribution < 1.29 is 18.0 Å². The van der Waals surface area contributed by atoms with Gasteiger partial charge in [0.05, 0.1) is 5.56 Å². The molecule has 0 fully saturated rings. The number of aryl methyl sites for hydroxylation is 1. The van der Waals surface area contributed by atoms with Gasteiger partial charge in [0.2, 0.25) is 0 Å². The number of primary amides is 1. The first-order valence-electron chi connectivity index (χ1n) is 8.95. The van der Waals surface area contributed by atoms with Gasteiger partial charge in [-0.1, -0.05) is 13.8 Å². The molecule has 0 unspecified atom stereocenters. The van der Waals surface area contributed by atoms with Gasteiger partial charge in [0.1, 0.15) is 5.00 Å². The topological polar surface area (TPSA) is 148 Å². The number of nitrogens with zero attached hydrogens (tertiary/aromatic N) is 2. The van der Waals surface area contributed by atoms with Crippen LogP contribution in [-0.2, 0) is 17.1 Å². The van der Waals surface area contributed by atoms with Crippen molar-refractivity contribution in [1.29, 1.82) is 0 Å². The number of urea groups is 1. The number of carbonyl (C=O) groups is 2. The lowest BCUT2D eigenvalue weighted by Crippen LogP contribution is -2.25. The molecule has 0 saturated heterocycles. The first kappa shape index (κ1) is 21.6. The molecule has 3 rings (SSSR count). The van der Waals surface area contributed by atoms with Gasteiger partial charge < -0.3 is 11.1 Å². The number of sulfonamides is 1. The van der Waals surface area contributed by atoms with Crippen molar-refractivity contribution >= 4 is 54.1 Å². The molecule has 0 saturated carbocycles. The van der Waals surface area contributed by atoms with E-state index in [1.54, 1.807) is 13.1 Å². The fourth-order valence-corrected chi connectivity index (χ4v) is 5.31. The van der Waals surface area contributed by atoms with E-state index in [2.05, 4.69) is 20.5 Å². The van der Waals surface area contributed by atoms with E-state index in [1.165, 1.54) is 41.4 Å². The van der Waals surface area contributed by atoms with Gasteiger partial charge in [-0.25, -0.2) is 4.79 Å². The average molecular weight is 451 g/mol. The maximum absolute atomic E-state index is 12.7. The molecule has 0 aliphatic carbocycles. The highest BCUT2D eigenvalue weighted by Gasteiger charge is 2.24. The van der Waals surface area contributed by atoms with Crippen molar-refractivity contribution in [1.82, 2.24) is 15.1 Å². The number of hydrogen-bond donors (Lipinski definition) is 4. The smallest absolute Gasteiger partial charge is 0.319 e. The molecular formula is C18H22N6O4S2. The van der Waals surface area contributed by atoms with Crippen LogP contribution in [0.1, 0.15) is 35.7 Å². The molecule has 1 aromatic carbocycles. The minimum atomic E-state index is -3.93. The van der Waals surface area contributed by atoms with Gasteiger partial charge in [-0.15, -0.1) is 11.3 Å². The molecule has 0 atom stereocenters. The number of hydrogen-bond acceptors (Lipinski definition) is 6. The van der Waals surface area contributed by atoms with Crippen LogP contribution in [0.5, 0.6) is 0 Å². The average Bonchev–Trinajstić information content (AvgIpc) is 3.24. The third kappa shape index (κ3) is 4.09. The van der Waals surface area contributed by atoms with Crippen molar-refractivity contribution in [3.05, 3.63) is 35.5 Å². The van der Waals surface area contributed by atoms with E-state index in [1.807, 2.05) is 13.8 Å². The van der Waals surface area contributed by atoms with Crippen molar-refractivity contribution in [2.45, 2.75) is 24.8 Å². The lowest BCUT2D eigenvalue weighted by Gasteiger charge is -2.12. The van der Waals surface area contributed by atoms with E-state index >= 15 is 0 Å². The second kappa shape index (κ2) is 7.95. The van der Waals surface area contributed by atoms with Gasteiger partial charge >= 0.3 is 6.03 Å². The van der Waals surface area contributed by atoms with Crippen LogP contribution in [0.2, 0.25) is 0 Å². The molecule has 0 aliphatic heterocycles. The highest BCUT2D eigenvalue weighted by atomic mass is 32.2. The minimum absolute atomic E-state index is 0.0130. The summed E-state index contributed by atoms with van der Waals surface area (Å²) in [7, 11) is -0.854. The summed E-state index contributed by atoms with van der Waals surface area (Å²) in [5.74, 6) is -0.717. The summed E-state index contributed by atoms with van der Waals surface area (Å²) < 4.78 is 30.0. The standard InChI is InChI=1S/C18H22N6O4S2/c1-9(2)11-7-10(23-30(27,28)13-5-6-24(4)22-13)8-12-14(16(19)25)17(29-15(11)12)21-18(26)20-3/h5-9,23H,1-4H3,(H2,19,25)(H2,20,21,26). The maximum Gasteiger partial charge on any atom is 0.319 e. The molecule has 160 valence electrons. The molecule has 30 heavy (non-hydrogen) atoms. The van der Waals surface area contributed by atoms with Crippen LogP contribution >= 0.6 is 11.3 Å². The Morgan fingerprint density at radius 1 is 1.27 bits per heavy atom. The first-order chi connectivity index (χ1) is 14.0. The van der Waals surface area contributed by atoms with Crippen molar-refractivity contribution in [2.75, 3.05) is 17.1 Å². The van der Waals surface area contributed by atoms with Crippen LogP contribution in [0.15, 0.2) is 29.4 Å². The Kier molecular flexibility index (Phi) is 5.72. The number of anilines is 2. The second-order valence-corrected chi connectivity index (χ2v) is 9.55. The number of nitrogens with one attached hydrogen (secondary N) is 3. The lowest BCUT2D eigenvalue weighted by atomic mass is 9.99.